The van der Waals surface area contributed by atoms with Crippen LogP contribution in [0.1, 0.15) is 64.6 Å². The van der Waals surface area contributed by atoms with Gasteiger partial charge in [-0.05, 0) is 36.0 Å². The van der Waals surface area contributed by atoms with Gasteiger partial charge in [-0.15, -0.1) is 0 Å². The first-order valence-corrected chi connectivity index (χ1v) is 12.8. The second-order valence-corrected chi connectivity index (χ2v) is 11.4. The smallest absolute Gasteiger partial charge is 0.329 e. The summed E-state index contributed by atoms with van der Waals surface area (Å²) < 4.78 is 81.9. The highest BCUT2D eigenvalue weighted by Gasteiger charge is 2.52. The molecule has 198 valence electrons. The second kappa shape index (κ2) is 10.4. The van der Waals surface area contributed by atoms with Gasteiger partial charge in [-0.3, -0.25) is 19.1 Å². The van der Waals surface area contributed by atoms with Crippen LogP contribution in [0.4, 0.5) is 17.6 Å². The number of alkyl halides is 4. The first-order chi connectivity index (χ1) is 15.9. The molecule has 14 heteroatoms. The normalized spacial score (nSPS) is 28.3. The van der Waals surface area contributed by atoms with Gasteiger partial charge in [-0.2, -0.15) is 26.6 Å². The molecule has 35 heavy (non-hydrogen) atoms. The van der Waals surface area contributed by atoms with Crippen molar-refractivity contribution in [1.29, 1.82) is 0 Å². The largest absolute Gasteiger partial charge is 0.471 e. The van der Waals surface area contributed by atoms with Crippen molar-refractivity contribution in [2.24, 2.45) is 16.7 Å². The zero-order valence-electron chi connectivity index (χ0n) is 20.0. The maximum absolute atomic E-state index is 13.6. The third-order valence-corrected chi connectivity index (χ3v) is 7.34. The van der Waals surface area contributed by atoms with Crippen LogP contribution in [-0.4, -0.2) is 59.1 Å². The van der Waals surface area contributed by atoms with Crippen LogP contribution in [0.2, 0.25) is 0 Å². The lowest BCUT2D eigenvalue weighted by Crippen LogP contribution is -2.38. The molecule has 0 bridgehead atoms. The van der Waals surface area contributed by atoms with Crippen LogP contribution in [0.5, 0.6) is 0 Å². The first-order valence-electron chi connectivity index (χ1n) is 11.0. The summed E-state index contributed by atoms with van der Waals surface area (Å²) in [4.78, 5) is 20.8. The third kappa shape index (κ3) is 7.36. The van der Waals surface area contributed by atoms with Gasteiger partial charge in [-0.25, -0.2) is 11.0 Å². The van der Waals surface area contributed by atoms with Crippen LogP contribution < -0.4 is 0 Å². The number of likely N-dealkylation sites (tertiary alicyclic amines) is 1. The molecule has 2 heterocycles. The van der Waals surface area contributed by atoms with Crippen molar-refractivity contribution in [3.63, 3.8) is 0 Å². The Morgan fingerprint density at radius 1 is 1.34 bits per heavy atom. The Morgan fingerprint density at radius 3 is 2.46 bits per heavy atom. The number of carbonyl (C=O) groups excluding carboxylic acids is 1. The van der Waals surface area contributed by atoms with Crippen LogP contribution in [-0.2, 0) is 27.5 Å². The van der Waals surface area contributed by atoms with E-state index in [-0.39, 0.29) is 54.3 Å². The summed E-state index contributed by atoms with van der Waals surface area (Å²) in [5, 5.41) is 3.48. The van der Waals surface area contributed by atoms with Crippen LogP contribution in [0.15, 0.2) is 4.52 Å². The standard InChI is InChI=1S/C20H26F4N4O2.CH4O3S/c1-18(2)12(9-14-26-17(30-27-14)20(22,23)24)5-7-19(18,3)8-6-16(29)28-11-13(21)10-15(28)25-4;1-5(2,3)4/h12-13,15H,5-11H2,1-3H3;1H3,(H,2,3,4)/t12-,13-,15-,19+;/m0./s1. The van der Waals surface area contributed by atoms with E-state index in [1.165, 1.54) is 4.90 Å². The quantitative estimate of drug-likeness (QED) is 0.348. The second-order valence-electron chi connectivity index (χ2n) is 9.96. The molecular weight excluding hydrogens is 496 g/mol. The van der Waals surface area contributed by atoms with Gasteiger partial charge in [0.25, 0.3) is 10.1 Å². The molecule has 1 aliphatic carbocycles. The predicted octanol–water partition coefficient (Wildman–Crippen LogP) is 4.17. The van der Waals surface area contributed by atoms with Crippen molar-refractivity contribution in [3.8, 4) is 0 Å². The van der Waals surface area contributed by atoms with Crippen LogP contribution in [0, 0.1) is 23.3 Å². The van der Waals surface area contributed by atoms with Crippen molar-refractivity contribution >= 4 is 16.0 Å². The van der Waals surface area contributed by atoms with Gasteiger partial charge >= 0.3 is 18.2 Å². The van der Waals surface area contributed by atoms with Gasteiger partial charge in [0.05, 0.1) is 19.2 Å². The average Bonchev–Trinajstić information content (AvgIpc) is 3.38. The van der Waals surface area contributed by atoms with Gasteiger partial charge in [-0.1, -0.05) is 25.9 Å². The molecule has 9 nitrogen and oxygen atoms in total. The Hall–Kier alpha value is -2.27. The van der Waals surface area contributed by atoms with E-state index in [0.29, 0.717) is 12.7 Å². The van der Waals surface area contributed by atoms with Crippen molar-refractivity contribution in [3.05, 3.63) is 23.1 Å². The molecule has 0 spiro atoms. The molecule has 1 amide bonds. The zero-order chi connectivity index (χ0) is 26.8. The van der Waals surface area contributed by atoms with E-state index < -0.39 is 34.5 Å². The van der Waals surface area contributed by atoms with E-state index in [0.717, 1.165) is 12.8 Å². The molecule has 2 fully saturated rings. The molecule has 1 saturated carbocycles. The van der Waals surface area contributed by atoms with E-state index >= 15 is 0 Å². The monoisotopic (exact) mass is 526 g/mol. The van der Waals surface area contributed by atoms with E-state index in [4.69, 9.17) is 11.1 Å². The van der Waals surface area contributed by atoms with Crippen LogP contribution in [0.25, 0.3) is 4.85 Å². The molecule has 1 saturated heterocycles. The lowest BCUT2D eigenvalue weighted by molar-refractivity contribution is -0.159. The van der Waals surface area contributed by atoms with Gasteiger partial charge in [0, 0.05) is 12.8 Å². The average molecular weight is 527 g/mol. The first kappa shape index (κ1) is 29.0. The zero-order valence-corrected chi connectivity index (χ0v) is 20.8. The van der Waals surface area contributed by atoms with E-state index in [2.05, 4.69) is 40.3 Å². The van der Waals surface area contributed by atoms with Gasteiger partial charge in [0.1, 0.15) is 6.17 Å². The van der Waals surface area contributed by atoms with Gasteiger partial charge in [0.15, 0.2) is 5.82 Å². The summed E-state index contributed by atoms with van der Waals surface area (Å²) in [6.07, 6.45) is -3.15. The molecule has 0 radical (unpaired) electrons. The van der Waals surface area contributed by atoms with Crippen molar-refractivity contribution in [2.45, 2.75) is 77.8 Å². The number of carbonyl (C=O) groups is 1. The molecule has 0 aromatic carbocycles. The van der Waals surface area contributed by atoms with E-state index in [1.54, 1.807) is 0 Å². The van der Waals surface area contributed by atoms with Gasteiger partial charge in [0.2, 0.25) is 5.91 Å². The predicted molar refractivity (Wildman–Crippen MR) is 116 cm³/mol. The summed E-state index contributed by atoms with van der Waals surface area (Å²) in [6.45, 7) is 13.3. The summed E-state index contributed by atoms with van der Waals surface area (Å²) in [5.41, 5.74) is -0.508. The number of rotatable bonds is 5. The highest BCUT2D eigenvalue weighted by molar-refractivity contribution is 7.85. The molecule has 2 aliphatic rings. The Kier molecular flexibility index (Phi) is 8.59. The van der Waals surface area contributed by atoms with Crippen LogP contribution in [0.3, 0.4) is 0 Å². The minimum atomic E-state index is -4.66. The number of hydrogen-bond acceptors (Lipinski definition) is 6. The molecule has 1 aromatic rings. The Morgan fingerprint density at radius 2 is 1.94 bits per heavy atom. The molecule has 4 atom stereocenters. The highest BCUT2D eigenvalue weighted by Crippen LogP contribution is 2.59. The highest BCUT2D eigenvalue weighted by atomic mass is 32.2. The number of halogens is 4. The molecule has 1 N–H and O–H groups in total. The molecule has 1 aliphatic heterocycles. The summed E-state index contributed by atoms with van der Waals surface area (Å²) in [5.74, 6) is -1.49. The fourth-order valence-corrected chi connectivity index (χ4v) is 4.83. The molecule has 0 unspecified atom stereocenters. The molecule has 3 rings (SSSR count). The van der Waals surface area contributed by atoms with Crippen molar-refractivity contribution in [2.75, 3.05) is 12.8 Å². The minimum Gasteiger partial charge on any atom is -0.329 e. The number of nitrogens with zero attached hydrogens (tertiary/aromatic N) is 4. The molecule has 1 aromatic heterocycles. The van der Waals surface area contributed by atoms with Crippen molar-refractivity contribution in [1.82, 2.24) is 15.0 Å². The van der Waals surface area contributed by atoms with E-state index in [1.807, 2.05) is 0 Å². The topological polar surface area (TPSA) is 118 Å². The number of amides is 1. The maximum Gasteiger partial charge on any atom is 0.471 e. The van der Waals surface area contributed by atoms with E-state index in [9.17, 15) is 30.8 Å². The SMILES string of the molecule is CS(=O)(=O)O.[C-]#[N+][C@@H]1C[C@H](F)CN1C(=O)CC[C@@]1(C)CC[C@@H](Cc2noc(C(F)(F)F)n2)C1(C)C. The Bertz CT molecular complexity index is 1040. The lowest BCUT2D eigenvalue weighted by Gasteiger charge is -2.42. The Balaban J connectivity index is 0.000000784. The lowest BCUT2D eigenvalue weighted by atomic mass is 9.63. The van der Waals surface area contributed by atoms with Crippen LogP contribution >= 0.6 is 0 Å². The summed E-state index contributed by atoms with van der Waals surface area (Å²) >= 11 is 0. The summed E-state index contributed by atoms with van der Waals surface area (Å²) in [6, 6.07) is 0. The maximum atomic E-state index is 13.6. The number of hydrogen-bond donors (Lipinski definition) is 1. The summed E-state index contributed by atoms with van der Waals surface area (Å²) in [7, 11) is -3.67. The third-order valence-electron chi connectivity index (χ3n) is 7.34. The van der Waals surface area contributed by atoms with Crippen molar-refractivity contribution < 1.29 is 39.8 Å². The number of aromatic nitrogens is 2. The van der Waals surface area contributed by atoms with Gasteiger partial charge < -0.3 is 4.52 Å². The molecular formula is C21H30F4N4O5S. The fraction of sp³-hybridized carbons (Fsp3) is 0.810. The minimum absolute atomic E-state index is 0.0338. The Labute approximate surface area is 201 Å². The fourth-order valence-electron chi connectivity index (χ4n) is 4.83.